The van der Waals surface area contributed by atoms with E-state index in [9.17, 15) is 22.8 Å². The van der Waals surface area contributed by atoms with Crippen LogP contribution < -0.4 is 5.32 Å². The Bertz CT molecular complexity index is 897. The highest BCUT2D eigenvalue weighted by molar-refractivity contribution is 9.10. The molecule has 2 aromatic rings. The van der Waals surface area contributed by atoms with Crippen LogP contribution in [0.4, 0.5) is 13.2 Å². The summed E-state index contributed by atoms with van der Waals surface area (Å²) in [5.41, 5.74) is -0.599. The predicted molar refractivity (Wildman–Crippen MR) is 94.7 cm³/mol. The Morgan fingerprint density at radius 3 is 2.63 bits per heavy atom. The molecule has 0 aliphatic carbocycles. The number of rotatable bonds is 4. The molecule has 0 saturated heterocycles. The van der Waals surface area contributed by atoms with Crippen LogP contribution >= 0.6 is 15.9 Å². The third-order valence-corrected chi connectivity index (χ3v) is 3.73. The van der Waals surface area contributed by atoms with Crippen molar-refractivity contribution >= 4 is 27.7 Å². The van der Waals surface area contributed by atoms with E-state index >= 15 is 0 Å². The highest BCUT2D eigenvalue weighted by Crippen LogP contribution is 2.29. The van der Waals surface area contributed by atoms with Gasteiger partial charge in [-0.25, -0.2) is 0 Å². The molecule has 0 atom stereocenters. The average molecular weight is 443 g/mol. The van der Waals surface area contributed by atoms with E-state index in [0.29, 0.717) is 4.67 Å². The molecule has 1 aromatic heterocycles. The molecule has 5 nitrogen and oxygen atoms in total. The van der Waals surface area contributed by atoms with E-state index in [1.807, 2.05) is 0 Å². The Hall–Kier alpha value is -2.73. The van der Waals surface area contributed by atoms with Gasteiger partial charge in [0, 0.05) is 12.6 Å². The number of alkyl halides is 3. The lowest BCUT2D eigenvalue weighted by Gasteiger charge is -2.14. The van der Waals surface area contributed by atoms with Crippen LogP contribution in [-0.4, -0.2) is 36.9 Å². The Labute approximate surface area is 161 Å². The minimum absolute atomic E-state index is 0.0661. The quantitative estimate of drug-likeness (QED) is 0.738. The van der Waals surface area contributed by atoms with Gasteiger partial charge in [-0.2, -0.15) is 13.2 Å². The number of benzene rings is 1. The highest BCUT2D eigenvalue weighted by Gasteiger charge is 2.30. The molecule has 0 unspecified atom stereocenters. The van der Waals surface area contributed by atoms with Crippen LogP contribution in [0.2, 0.25) is 0 Å². The molecule has 0 radical (unpaired) electrons. The molecule has 1 aromatic carbocycles. The Kier molecular flexibility index (Phi) is 6.69. The second-order valence-corrected chi connectivity index (χ2v) is 6.20. The third-order valence-electron chi connectivity index (χ3n) is 3.31. The van der Waals surface area contributed by atoms with E-state index in [1.54, 1.807) is 6.07 Å². The van der Waals surface area contributed by atoms with Crippen LogP contribution in [-0.2, 0) is 11.0 Å². The van der Waals surface area contributed by atoms with Gasteiger partial charge in [0.15, 0.2) is 10.4 Å². The van der Waals surface area contributed by atoms with Crippen molar-refractivity contribution in [3.8, 4) is 11.8 Å². The minimum Gasteiger partial charge on any atom is -0.444 e. The molecule has 2 amide bonds. The second kappa shape index (κ2) is 8.77. The fourth-order valence-corrected chi connectivity index (χ4v) is 2.33. The summed E-state index contributed by atoms with van der Waals surface area (Å²) in [5, 5.41) is 2.47. The van der Waals surface area contributed by atoms with E-state index in [4.69, 9.17) is 4.42 Å². The minimum atomic E-state index is -4.44. The van der Waals surface area contributed by atoms with E-state index in [-0.39, 0.29) is 24.4 Å². The number of carbonyl (C=O) groups excluding carboxylic acids is 2. The van der Waals surface area contributed by atoms with E-state index in [2.05, 4.69) is 33.1 Å². The number of likely N-dealkylation sites (N-methyl/N-ethyl adjacent to an activating group) is 1. The first kappa shape index (κ1) is 20.6. The fourth-order valence-electron chi connectivity index (χ4n) is 2.02. The summed E-state index contributed by atoms with van der Waals surface area (Å²) in [7, 11) is 1.44. The molecule has 27 heavy (non-hydrogen) atoms. The van der Waals surface area contributed by atoms with Gasteiger partial charge in [-0.15, -0.1) is 0 Å². The lowest BCUT2D eigenvalue weighted by molar-refractivity contribution is -0.137. The lowest BCUT2D eigenvalue weighted by atomic mass is 10.1. The van der Waals surface area contributed by atoms with Crippen LogP contribution in [0.25, 0.3) is 0 Å². The van der Waals surface area contributed by atoms with Crippen molar-refractivity contribution < 1.29 is 27.2 Å². The van der Waals surface area contributed by atoms with Gasteiger partial charge in [-0.05, 0) is 46.3 Å². The molecule has 2 rings (SSSR count). The topological polar surface area (TPSA) is 62.6 Å². The van der Waals surface area contributed by atoms with Gasteiger partial charge >= 0.3 is 6.18 Å². The zero-order valence-corrected chi connectivity index (χ0v) is 15.6. The smallest absolute Gasteiger partial charge is 0.416 e. The van der Waals surface area contributed by atoms with Crippen LogP contribution in [0.5, 0.6) is 0 Å². The van der Waals surface area contributed by atoms with Gasteiger partial charge in [0.25, 0.3) is 5.91 Å². The zero-order chi connectivity index (χ0) is 20.0. The second-order valence-electron chi connectivity index (χ2n) is 5.42. The number of hydrogen-bond acceptors (Lipinski definition) is 3. The number of carbonyl (C=O) groups is 2. The number of nitrogens with zero attached hydrogens (tertiary/aromatic N) is 1. The lowest BCUT2D eigenvalue weighted by Crippen LogP contribution is -2.38. The van der Waals surface area contributed by atoms with E-state index in [1.165, 1.54) is 30.1 Å². The number of hydrogen-bond donors (Lipinski definition) is 1. The van der Waals surface area contributed by atoms with E-state index < -0.39 is 23.6 Å². The molecule has 0 aliphatic rings. The molecule has 1 N–H and O–H groups in total. The zero-order valence-electron chi connectivity index (χ0n) is 14.1. The third kappa shape index (κ3) is 6.18. The highest BCUT2D eigenvalue weighted by atomic mass is 79.9. The average Bonchev–Trinajstić information content (AvgIpc) is 3.04. The van der Waals surface area contributed by atoms with Gasteiger partial charge in [0.1, 0.15) is 0 Å². The summed E-state index contributed by atoms with van der Waals surface area (Å²) in [6.45, 7) is -0.286. The maximum absolute atomic E-state index is 12.6. The molecule has 0 spiro atoms. The molecule has 1 heterocycles. The number of halogens is 4. The standard InChI is InChI=1S/C18H14BrF3N2O3/c1-24(17(26)14-7-8-15(19)27-14)11-16(25)23-9-3-5-12-4-2-6-13(10-12)18(20,21)22/h2,4,6-8,10H,9,11H2,1H3,(H,23,25). The predicted octanol–water partition coefficient (Wildman–Crippen LogP) is 3.30. The number of nitrogens with one attached hydrogen (secondary N) is 1. The van der Waals surface area contributed by atoms with Gasteiger partial charge in [0.05, 0.1) is 18.7 Å². The van der Waals surface area contributed by atoms with Gasteiger partial charge in [-0.1, -0.05) is 17.9 Å². The van der Waals surface area contributed by atoms with Crippen LogP contribution in [0, 0.1) is 11.8 Å². The number of amides is 2. The molecular weight excluding hydrogens is 429 g/mol. The van der Waals surface area contributed by atoms with Crippen molar-refractivity contribution in [1.29, 1.82) is 0 Å². The first-order valence-electron chi connectivity index (χ1n) is 7.60. The summed E-state index contributed by atoms with van der Waals surface area (Å²) in [6.07, 6.45) is -4.44. The van der Waals surface area contributed by atoms with Crippen molar-refractivity contribution in [2.24, 2.45) is 0 Å². The van der Waals surface area contributed by atoms with Crippen molar-refractivity contribution in [2.75, 3.05) is 20.1 Å². The van der Waals surface area contributed by atoms with Crippen molar-refractivity contribution in [1.82, 2.24) is 10.2 Å². The molecular formula is C18H14BrF3N2O3. The first-order chi connectivity index (χ1) is 12.7. The Morgan fingerprint density at radius 1 is 1.26 bits per heavy atom. The molecule has 0 fully saturated rings. The number of furan rings is 1. The normalized spacial score (nSPS) is 10.7. The maximum Gasteiger partial charge on any atom is 0.416 e. The molecule has 0 bridgehead atoms. The molecule has 142 valence electrons. The SMILES string of the molecule is CN(CC(=O)NCC#Cc1cccc(C(F)(F)F)c1)C(=O)c1ccc(Br)o1. The summed E-state index contributed by atoms with van der Waals surface area (Å²) in [4.78, 5) is 25.0. The van der Waals surface area contributed by atoms with E-state index in [0.717, 1.165) is 12.1 Å². The van der Waals surface area contributed by atoms with Crippen LogP contribution in [0.3, 0.4) is 0 Å². The van der Waals surface area contributed by atoms with Crippen molar-refractivity contribution in [2.45, 2.75) is 6.18 Å². The summed E-state index contributed by atoms with van der Waals surface area (Å²) >= 11 is 3.08. The van der Waals surface area contributed by atoms with Crippen molar-refractivity contribution in [3.63, 3.8) is 0 Å². The molecule has 9 heteroatoms. The van der Waals surface area contributed by atoms with Crippen LogP contribution in [0.15, 0.2) is 45.5 Å². The Balaban J connectivity index is 1.85. The largest absolute Gasteiger partial charge is 0.444 e. The fraction of sp³-hybridized carbons (Fsp3) is 0.222. The van der Waals surface area contributed by atoms with Gasteiger partial charge in [0.2, 0.25) is 5.91 Å². The summed E-state index contributed by atoms with van der Waals surface area (Å²) in [6, 6.07) is 7.63. The molecule has 0 aliphatic heterocycles. The summed E-state index contributed by atoms with van der Waals surface area (Å²) < 4.78 is 43.4. The van der Waals surface area contributed by atoms with Crippen molar-refractivity contribution in [3.05, 3.63) is 58.0 Å². The maximum atomic E-state index is 12.6. The van der Waals surface area contributed by atoms with Gasteiger partial charge < -0.3 is 14.6 Å². The van der Waals surface area contributed by atoms with Gasteiger partial charge in [-0.3, -0.25) is 9.59 Å². The van der Waals surface area contributed by atoms with Crippen LogP contribution in [0.1, 0.15) is 21.7 Å². The summed E-state index contributed by atoms with van der Waals surface area (Å²) in [5.74, 6) is 4.28. The Morgan fingerprint density at radius 2 is 2.00 bits per heavy atom. The first-order valence-corrected chi connectivity index (χ1v) is 8.40. The molecule has 0 saturated carbocycles. The monoisotopic (exact) mass is 442 g/mol.